The molecule has 0 amide bonds. The summed E-state index contributed by atoms with van der Waals surface area (Å²) in [6.45, 7) is 9.47. The van der Waals surface area contributed by atoms with E-state index >= 15 is 0 Å². The number of allylic oxidation sites excluding steroid dienone is 1. The summed E-state index contributed by atoms with van der Waals surface area (Å²) in [5, 5.41) is 8.77. The van der Waals surface area contributed by atoms with E-state index in [2.05, 4.69) is 6.58 Å². The lowest BCUT2D eigenvalue weighted by atomic mass is 10.1. The van der Waals surface area contributed by atoms with Crippen molar-refractivity contribution in [2.75, 3.05) is 5.75 Å². The van der Waals surface area contributed by atoms with Gasteiger partial charge in [0.1, 0.15) is 6.04 Å². The highest BCUT2D eigenvalue weighted by Crippen LogP contribution is 2.28. The number of aliphatic carboxylic acids is 1. The van der Waals surface area contributed by atoms with Crippen LogP contribution in [-0.2, 0) is 4.79 Å². The highest BCUT2D eigenvalue weighted by molar-refractivity contribution is 8.00. The van der Waals surface area contributed by atoms with Gasteiger partial charge in [-0.25, -0.2) is 0 Å². The molecule has 0 saturated carbocycles. The smallest absolute Gasteiger partial charge is 0.321 e. The molecule has 3 N–H and O–H groups in total. The SMILES string of the molecule is C=C(C)CCSC(C)(C)[C@H](N)C(=O)O. The van der Waals surface area contributed by atoms with Crippen molar-refractivity contribution in [2.45, 2.75) is 38.0 Å². The van der Waals surface area contributed by atoms with Crippen molar-refractivity contribution in [1.82, 2.24) is 0 Å². The molecule has 0 fully saturated rings. The van der Waals surface area contributed by atoms with Crippen LogP contribution in [0.2, 0.25) is 0 Å². The first kappa shape index (κ1) is 13.5. The van der Waals surface area contributed by atoms with Gasteiger partial charge in [0.2, 0.25) is 0 Å². The Morgan fingerprint density at radius 3 is 2.50 bits per heavy atom. The Hall–Kier alpha value is -0.480. The molecule has 0 bridgehead atoms. The van der Waals surface area contributed by atoms with Gasteiger partial charge in [-0.05, 0) is 32.9 Å². The fourth-order valence-corrected chi connectivity index (χ4v) is 2.13. The minimum absolute atomic E-state index is 0.429. The number of hydrogen-bond donors (Lipinski definition) is 2. The molecule has 0 aliphatic carbocycles. The third kappa shape index (κ3) is 4.67. The molecule has 0 aliphatic heterocycles. The van der Waals surface area contributed by atoms with E-state index < -0.39 is 16.8 Å². The summed E-state index contributed by atoms with van der Waals surface area (Å²) in [5.74, 6) is -0.0821. The van der Waals surface area contributed by atoms with E-state index in [0.717, 1.165) is 17.7 Å². The maximum absolute atomic E-state index is 10.7. The number of carboxylic acid groups (broad SMARTS) is 1. The van der Waals surface area contributed by atoms with Crippen LogP contribution in [0.5, 0.6) is 0 Å². The Bertz CT molecular complexity index is 226. The van der Waals surface area contributed by atoms with E-state index in [1.54, 1.807) is 11.8 Å². The van der Waals surface area contributed by atoms with E-state index in [1.165, 1.54) is 0 Å². The fourth-order valence-electron chi connectivity index (χ4n) is 0.875. The summed E-state index contributed by atoms with van der Waals surface area (Å²) >= 11 is 1.58. The Labute approximate surface area is 89.8 Å². The molecular weight excluding hydrogens is 198 g/mol. The van der Waals surface area contributed by atoms with Gasteiger partial charge < -0.3 is 10.8 Å². The molecule has 3 nitrogen and oxygen atoms in total. The molecule has 0 aromatic heterocycles. The van der Waals surface area contributed by atoms with E-state index in [1.807, 2.05) is 20.8 Å². The molecule has 0 unspecified atom stereocenters. The van der Waals surface area contributed by atoms with Crippen molar-refractivity contribution >= 4 is 17.7 Å². The lowest BCUT2D eigenvalue weighted by Gasteiger charge is -2.27. The van der Waals surface area contributed by atoms with Gasteiger partial charge in [-0.2, -0.15) is 11.8 Å². The van der Waals surface area contributed by atoms with E-state index in [-0.39, 0.29) is 0 Å². The minimum atomic E-state index is -0.946. The predicted molar refractivity (Wildman–Crippen MR) is 61.6 cm³/mol. The molecule has 0 aromatic carbocycles. The average molecular weight is 217 g/mol. The first-order chi connectivity index (χ1) is 6.27. The van der Waals surface area contributed by atoms with Crippen molar-refractivity contribution in [3.05, 3.63) is 12.2 Å². The monoisotopic (exact) mass is 217 g/mol. The van der Waals surface area contributed by atoms with Crippen LogP contribution in [0.4, 0.5) is 0 Å². The second-order valence-corrected chi connectivity index (χ2v) is 5.72. The van der Waals surface area contributed by atoms with Crippen LogP contribution in [0.1, 0.15) is 27.2 Å². The van der Waals surface area contributed by atoms with Gasteiger partial charge in [0.15, 0.2) is 0 Å². The molecule has 0 rings (SSSR count). The number of carbonyl (C=O) groups is 1. The average Bonchev–Trinajstić information content (AvgIpc) is 2.01. The van der Waals surface area contributed by atoms with E-state index in [0.29, 0.717) is 0 Å². The van der Waals surface area contributed by atoms with Crippen LogP contribution >= 0.6 is 11.8 Å². The Balaban J connectivity index is 4.06. The van der Waals surface area contributed by atoms with Crippen LogP contribution in [-0.4, -0.2) is 27.6 Å². The van der Waals surface area contributed by atoms with Crippen LogP contribution in [0, 0.1) is 0 Å². The molecule has 0 heterocycles. The van der Waals surface area contributed by atoms with Gasteiger partial charge >= 0.3 is 5.97 Å². The highest BCUT2D eigenvalue weighted by Gasteiger charge is 2.32. The Morgan fingerprint density at radius 1 is 1.64 bits per heavy atom. The predicted octanol–water partition coefficient (Wildman–Crippen LogP) is 1.88. The molecule has 1 atom stereocenters. The van der Waals surface area contributed by atoms with Crippen molar-refractivity contribution in [2.24, 2.45) is 5.73 Å². The molecule has 0 aromatic rings. The number of rotatable bonds is 6. The second kappa shape index (κ2) is 5.41. The summed E-state index contributed by atoms with van der Waals surface area (Å²) < 4.78 is -0.429. The van der Waals surface area contributed by atoms with Crippen molar-refractivity contribution in [1.29, 1.82) is 0 Å². The topological polar surface area (TPSA) is 63.3 Å². The van der Waals surface area contributed by atoms with Crippen molar-refractivity contribution in [3.63, 3.8) is 0 Å². The molecule has 0 saturated heterocycles. The molecule has 0 aliphatic rings. The van der Waals surface area contributed by atoms with Gasteiger partial charge in [0, 0.05) is 4.75 Å². The number of thioether (sulfide) groups is 1. The molecular formula is C10H19NO2S. The molecule has 0 spiro atoms. The second-order valence-electron chi connectivity index (χ2n) is 3.97. The van der Waals surface area contributed by atoms with Crippen LogP contribution in [0.25, 0.3) is 0 Å². The van der Waals surface area contributed by atoms with Crippen molar-refractivity contribution < 1.29 is 9.90 Å². The largest absolute Gasteiger partial charge is 0.480 e. The first-order valence-corrected chi connectivity index (χ1v) is 5.52. The summed E-state index contributed by atoms with van der Waals surface area (Å²) in [4.78, 5) is 10.7. The van der Waals surface area contributed by atoms with Crippen LogP contribution < -0.4 is 5.73 Å². The van der Waals surface area contributed by atoms with Gasteiger partial charge in [-0.15, -0.1) is 6.58 Å². The zero-order chi connectivity index (χ0) is 11.4. The zero-order valence-electron chi connectivity index (χ0n) is 9.04. The van der Waals surface area contributed by atoms with Gasteiger partial charge in [0.25, 0.3) is 0 Å². The Kier molecular flexibility index (Phi) is 5.23. The first-order valence-electron chi connectivity index (χ1n) is 4.54. The molecule has 0 radical (unpaired) electrons. The van der Waals surface area contributed by atoms with Gasteiger partial charge in [-0.3, -0.25) is 4.79 Å². The third-order valence-corrected chi connectivity index (χ3v) is 3.42. The summed E-state index contributed by atoms with van der Waals surface area (Å²) in [7, 11) is 0. The quantitative estimate of drug-likeness (QED) is 0.667. The maximum Gasteiger partial charge on any atom is 0.321 e. The van der Waals surface area contributed by atoms with Crippen molar-refractivity contribution in [3.8, 4) is 0 Å². The number of carboxylic acids is 1. The van der Waals surface area contributed by atoms with E-state index in [4.69, 9.17) is 10.8 Å². The lowest BCUT2D eigenvalue weighted by molar-refractivity contribution is -0.139. The minimum Gasteiger partial charge on any atom is -0.480 e. The summed E-state index contributed by atoms with van der Waals surface area (Å²) in [6, 6.07) is -0.822. The lowest BCUT2D eigenvalue weighted by Crippen LogP contribution is -2.46. The maximum atomic E-state index is 10.7. The van der Waals surface area contributed by atoms with E-state index in [9.17, 15) is 4.79 Å². The van der Waals surface area contributed by atoms with Gasteiger partial charge in [-0.1, -0.05) is 5.57 Å². The summed E-state index contributed by atoms with van der Waals surface area (Å²) in [5.41, 5.74) is 6.68. The molecule has 82 valence electrons. The van der Waals surface area contributed by atoms with Crippen LogP contribution in [0.15, 0.2) is 12.2 Å². The molecule has 14 heavy (non-hydrogen) atoms. The normalized spacial score (nSPS) is 13.7. The number of nitrogens with two attached hydrogens (primary N) is 1. The zero-order valence-corrected chi connectivity index (χ0v) is 9.86. The Morgan fingerprint density at radius 2 is 2.14 bits per heavy atom. The third-order valence-electron chi connectivity index (χ3n) is 2.02. The standard InChI is InChI=1S/C10H19NO2S/c1-7(2)5-6-14-10(3,4)8(11)9(12)13/h8H,1,5-6,11H2,2-4H3,(H,12,13)/t8-/m1/s1. The fraction of sp³-hybridized carbons (Fsp3) is 0.700. The number of hydrogen-bond acceptors (Lipinski definition) is 3. The van der Waals surface area contributed by atoms with Gasteiger partial charge in [0.05, 0.1) is 0 Å². The highest BCUT2D eigenvalue weighted by atomic mass is 32.2. The van der Waals surface area contributed by atoms with Crippen LogP contribution in [0.3, 0.4) is 0 Å². The summed E-state index contributed by atoms with van der Waals surface area (Å²) in [6.07, 6.45) is 0.903. The molecule has 4 heteroatoms.